The lowest BCUT2D eigenvalue weighted by Crippen LogP contribution is -2.06. The van der Waals surface area contributed by atoms with Gasteiger partial charge < -0.3 is 24.7 Å². The number of rotatable bonds is 8. The Bertz CT molecular complexity index is 280. The summed E-state index contributed by atoms with van der Waals surface area (Å²) in [6.45, 7) is 0. The van der Waals surface area contributed by atoms with Crippen molar-refractivity contribution in [2.45, 2.75) is 37.9 Å². The van der Waals surface area contributed by atoms with Crippen LogP contribution in [0, 0.1) is 0 Å². The van der Waals surface area contributed by atoms with Gasteiger partial charge in [0.25, 0.3) is 0 Å². The Morgan fingerprint density at radius 2 is 1.38 bits per heavy atom. The molecule has 0 aliphatic carbocycles. The topological polar surface area (TPSA) is 135 Å². The Kier molecular flexibility index (Phi) is 6.98. The van der Waals surface area contributed by atoms with E-state index in [9.17, 15) is 9.13 Å². The second-order valence-corrected chi connectivity index (χ2v) is 7.21. The number of hydrogen-bond donors (Lipinski definition) is 5. The molecule has 0 aliphatic heterocycles. The first-order chi connectivity index (χ1) is 7.13. The van der Waals surface area contributed by atoms with E-state index in [1.165, 1.54) is 0 Å². The van der Waals surface area contributed by atoms with Gasteiger partial charge >= 0.3 is 15.2 Å². The number of aliphatic hydroxyl groups is 1. The van der Waals surface area contributed by atoms with Gasteiger partial charge in [-0.15, -0.1) is 0 Å². The van der Waals surface area contributed by atoms with Gasteiger partial charge in [0.05, 0.1) is 0 Å². The highest BCUT2D eigenvalue weighted by molar-refractivity contribution is 7.52. The molecule has 0 amide bonds. The minimum absolute atomic E-state index is 0.000187. The van der Waals surface area contributed by atoms with Gasteiger partial charge in [-0.3, -0.25) is 9.13 Å². The minimum atomic E-state index is -4.41. The van der Waals surface area contributed by atoms with Crippen LogP contribution in [0.25, 0.3) is 0 Å². The van der Waals surface area contributed by atoms with Gasteiger partial charge in [0.1, 0.15) is 0 Å². The van der Waals surface area contributed by atoms with E-state index in [-0.39, 0.29) is 12.6 Å². The normalized spacial score (nSPS) is 15.1. The van der Waals surface area contributed by atoms with Crippen LogP contribution in [0.5, 0.6) is 0 Å². The molecule has 16 heavy (non-hydrogen) atoms. The van der Waals surface area contributed by atoms with Gasteiger partial charge in [-0.2, -0.15) is 0 Å². The van der Waals surface area contributed by atoms with Gasteiger partial charge in [-0.25, -0.2) is 0 Å². The number of unbranched alkanes of at least 4 members (excludes halogenated alkanes) is 3. The SMILES string of the molecule is O=P(O)(O)CCCCCCC(O)P(=O)(O)O. The van der Waals surface area contributed by atoms with E-state index in [0.29, 0.717) is 25.7 Å². The molecule has 0 rings (SSSR count). The van der Waals surface area contributed by atoms with Crippen molar-refractivity contribution in [3.05, 3.63) is 0 Å². The second kappa shape index (κ2) is 6.87. The van der Waals surface area contributed by atoms with Crippen LogP contribution >= 0.6 is 15.2 Å². The Hall–Kier alpha value is 0.260. The lowest BCUT2D eigenvalue weighted by molar-refractivity contribution is 0.190. The van der Waals surface area contributed by atoms with Crippen molar-refractivity contribution in [3.8, 4) is 0 Å². The van der Waals surface area contributed by atoms with E-state index in [4.69, 9.17) is 24.7 Å². The molecule has 9 heteroatoms. The van der Waals surface area contributed by atoms with E-state index in [1.807, 2.05) is 0 Å². The molecule has 0 bridgehead atoms. The summed E-state index contributed by atoms with van der Waals surface area (Å²) in [6, 6.07) is 0. The molecule has 0 fully saturated rings. The van der Waals surface area contributed by atoms with Crippen molar-refractivity contribution in [2.75, 3.05) is 6.16 Å². The molecule has 98 valence electrons. The zero-order chi connectivity index (χ0) is 12.8. The zero-order valence-corrected chi connectivity index (χ0v) is 10.6. The maximum Gasteiger partial charge on any atom is 0.353 e. The van der Waals surface area contributed by atoms with Crippen LogP contribution in [0.2, 0.25) is 0 Å². The van der Waals surface area contributed by atoms with Crippen molar-refractivity contribution < 1.29 is 33.8 Å². The van der Waals surface area contributed by atoms with Crippen LogP contribution in [0.4, 0.5) is 0 Å². The van der Waals surface area contributed by atoms with E-state index in [1.54, 1.807) is 0 Å². The summed E-state index contributed by atoms with van der Waals surface area (Å²) >= 11 is 0. The molecule has 0 spiro atoms. The van der Waals surface area contributed by atoms with E-state index in [0.717, 1.165) is 0 Å². The van der Waals surface area contributed by atoms with Gasteiger partial charge in [-0.05, 0) is 12.8 Å². The molecule has 7 nitrogen and oxygen atoms in total. The highest BCUT2D eigenvalue weighted by atomic mass is 31.2. The van der Waals surface area contributed by atoms with Crippen LogP contribution in [-0.2, 0) is 9.13 Å². The molecule has 0 saturated carbocycles. The van der Waals surface area contributed by atoms with Crippen molar-refractivity contribution in [1.29, 1.82) is 0 Å². The van der Waals surface area contributed by atoms with Crippen molar-refractivity contribution in [3.63, 3.8) is 0 Å². The predicted octanol–water partition coefficient (Wildman–Crippen LogP) is 0.611. The Labute approximate surface area is 93.8 Å². The van der Waals surface area contributed by atoms with Crippen LogP contribution < -0.4 is 0 Å². The molecular weight excluding hydrogens is 258 g/mol. The highest BCUT2D eigenvalue weighted by Crippen LogP contribution is 2.42. The van der Waals surface area contributed by atoms with Gasteiger partial charge in [-0.1, -0.05) is 19.3 Å². The molecule has 0 saturated heterocycles. The summed E-state index contributed by atoms with van der Waals surface area (Å²) in [5.41, 5.74) is 0. The molecule has 0 aromatic carbocycles. The summed E-state index contributed by atoms with van der Waals surface area (Å²) < 4.78 is 21.0. The molecule has 1 atom stereocenters. The third kappa shape index (κ3) is 9.48. The van der Waals surface area contributed by atoms with Gasteiger partial charge in [0.2, 0.25) is 0 Å². The first kappa shape index (κ1) is 16.3. The lowest BCUT2D eigenvalue weighted by Gasteiger charge is -2.11. The number of aliphatic hydroxyl groups excluding tert-OH is 1. The molecule has 0 radical (unpaired) electrons. The van der Waals surface area contributed by atoms with Gasteiger partial charge in [0.15, 0.2) is 5.85 Å². The van der Waals surface area contributed by atoms with E-state index >= 15 is 0 Å². The average Bonchev–Trinajstić information content (AvgIpc) is 2.07. The van der Waals surface area contributed by atoms with Crippen LogP contribution in [-0.4, -0.2) is 36.7 Å². The largest absolute Gasteiger partial charge is 0.380 e. The summed E-state index contributed by atoms with van der Waals surface area (Å²) in [5, 5.41) is 8.98. The lowest BCUT2D eigenvalue weighted by atomic mass is 10.2. The second-order valence-electron chi connectivity index (χ2n) is 3.66. The minimum Gasteiger partial charge on any atom is -0.380 e. The summed E-state index contributed by atoms with van der Waals surface area (Å²) in [6.07, 6.45) is 1.77. The Morgan fingerprint density at radius 3 is 1.81 bits per heavy atom. The molecule has 1 unspecified atom stereocenters. The smallest absolute Gasteiger partial charge is 0.353 e. The number of hydrogen-bond acceptors (Lipinski definition) is 3. The Balaban J connectivity index is 3.49. The molecule has 0 heterocycles. The van der Waals surface area contributed by atoms with E-state index in [2.05, 4.69) is 0 Å². The van der Waals surface area contributed by atoms with Crippen molar-refractivity contribution >= 4 is 15.2 Å². The third-order valence-electron chi connectivity index (χ3n) is 2.05. The molecule has 5 N–H and O–H groups in total. The first-order valence-electron chi connectivity index (χ1n) is 4.91. The third-order valence-corrected chi connectivity index (χ3v) is 3.98. The molecule has 0 aliphatic rings. The summed E-state index contributed by atoms with van der Waals surface area (Å²) in [7, 11) is -8.34. The summed E-state index contributed by atoms with van der Waals surface area (Å²) in [5.74, 6) is -1.63. The van der Waals surface area contributed by atoms with Crippen molar-refractivity contribution in [2.24, 2.45) is 0 Å². The van der Waals surface area contributed by atoms with E-state index < -0.39 is 21.0 Å². The Morgan fingerprint density at radius 1 is 0.875 bits per heavy atom. The standard InChI is InChI=1S/C7H18O7P2/c8-7(16(12,13)14)5-3-1-2-4-6-15(9,10)11/h7-8H,1-6H2,(H2,9,10,11)(H2,12,13,14). The van der Waals surface area contributed by atoms with Crippen molar-refractivity contribution in [1.82, 2.24) is 0 Å². The summed E-state index contributed by atoms with van der Waals surface area (Å²) in [4.78, 5) is 34.2. The molecular formula is C7H18O7P2. The fourth-order valence-corrected chi connectivity index (χ4v) is 2.32. The fraction of sp³-hybridized carbons (Fsp3) is 1.00. The van der Waals surface area contributed by atoms with Crippen LogP contribution in [0.15, 0.2) is 0 Å². The monoisotopic (exact) mass is 276 g/mol. The molecule has 0 aromatic heterocycles. The highest BCUT2D eigenvalue weighted by Gasteiger charge is 2.25. The maximum atomic E-state index is 10.5. The van der Waals surface area contributed by atoms with Crippen LogP contribution in [0.1, 0.15) is 32.1 Å². The first-order valence-corrected chi connectivity index (χ1v) is 8.39. The fourth-order valence-electron chi connectivity index (χ4n) is 1.17. The van der Waals surface area contributed by atoms with Gasteiger partial charge in [0, 0.05) is 6.16 Å². The molecule has 0 aromatic rings. The average molecular weight is 276 g/mol. The van der Waals surface area contributed by atoms with Crippen LogP contribution in [0.3, 0.4) is 0 Å². The zero-order valence-electron chi connectivity index (χ0n) is 8.77. The quantitative estimate of drug-likeness (QED) is 0.323. The maximum absolute atomic E-state index is 10.5. The predicted molar refractivity (Wildman–Crippen MR) is 58.0 cm³/mol.